The van der Waals surface area contributed by atoms with Gasteiger partial charge in [-0.05, 0) is 19.9 Å². The van der Waals surface area contributed by atoms with E-state index in [1.54, 1.807) is 7.11 Å². The molecule has 0 unspecified atom stereocenters. The number of hydrogen-bond donors (Lipinski definition) is 0. The molecule has 2 heterocycles. The smallest absolute Gasteiger partial charge is 0.308 e. The summed E-state index contributed by atoms with van der Waals surface area (Å²) >= 11 is 0. The van der Waals surface area contributed by atoms with Crippen molar-refractivity contribution >= 4 is 5.57 Å². The molecule has 0 amide bonds. The first kappa shape index (κ1) is 13.1. The van der Waals surface area contributed by atoms with Crippen molar-refractivity contribution in [1.82, 2.24) is 9.88 Å². The molecule has 18 heavy (non-hydrogen) atoms. The summed E-state index contributed by atoms with van der Waals surface area (Å²) in [5.74, 6) is 1.64. The lowest BCUT2D eigenvalue weighted by Gasteiger charge is -2.20. The van der Waals surface area contributed by atoms with E-state index in [1.807, 2.05) is 0 Å². The van der Waals surface area contributed by atoms with Gasteiger partial charge in [-0.3, -0.25) is 0 Å². The van der Waals surface area contributed by atoms with Crippen LogP contribution in [-0.4, -0.2) is 37.1 Å². The van der Waals surface area contributed by atoms with Gasteiger partial charge in [-0.25, -0.2) is 4.98 Å². The minimum atomic E-state index is 0.361. The Hall–Kier alpha value is -1.29. The molecule has 0 saturated heterocycles. The highest BCUT2D eigenvalue weighted by molar-refractivity contribution is 5.61. The summed E-state index contributed by atoms with van der Waals surface area (Å²) in [6.07, 6.45) is 4.29. The van der Waals surface area contributed by atoms with Crippen molar-refractivity contribution in [2.75, 3.05) is 27.2 Å². The summed E-state index contributed by atoms with van der Waals surface area (Å²) in [5.41, 5.74) is 2.10. The highest BCUT2D eigenvalue weighted by Crippen LogP contribution is 2.32. The van der Waals surface area contributed by atoms with E-state index in [-0.39, 0.29) is 0 Å². The Morgan fingerprint density at radius 3 is 2.94 bits per heavy atom. The molecule has 0 bridgehead atoms. The molecule has 4 heteroatoms. The zero-order chi connectivity index (χ0) is 13.1. The van der Waals surface area contributed by atoms with Crippen LogP contribution < -0.4 is 4.74 Å². The Labute approximate surface area is 109 Å². The van der Waals surface area contributed by atoms with Gasteiger partial charge in [-0.15, -0.1) is 0 Å². The summed E-state index contributed by atoms with van der Waals surface area (Å²) in [7, 11) is 3.75. The molecule has 0 spiro atoms. The van der Waals surface area contributed by atoms with Crippen molar-refractivity contribution in [3.8, 4) is 5.95 Å². The molecule has 0 aliphatic carbocycles. The predicted octanol–water partition coefficient (Wildman–Crippen LogP) is 2.92. The molecular formula is C14H22N2O2. The maximum absolute atomic E-state index is 5.75. The van der Waals surface area contributed by atoms with E-state index in [0.717, 1.165) is 37.2 Å². The van der Waals surface area contributed by atoms with Gasteiger partial charge in [0.05, 0.1) is 7.11 Å². The van der Waals surface area contributed by atoms with Crippen molar-refractivity contribution in [2.45, 2.75) is 32.6 Å². The molecule has 2 rings (SSSR count). The van der Waals surface area contributed by atoms with E-state index < -0.39 is 0 Å². The van der Waals surface area contributed by atoms with Gasteiger partial charge in [0.2, 0.25) is 5.89 Å². The second-order valence-corrected chi connectivity index (χ2v) is 4.96. The molecule has 1 aromatic heterocycles. The number of hydrogen-bond acceptors (Lipinski definition) is 4. The van der Waals surface area contributed by atoms with E-state index >= 15 is 0 Å². The SMILES string of the molecule is CC[C@@H](C)c1nc(C2=CCCN(C)C2)oc1OC. The molecule has 0 saturated carbocycles. The first-order chi connectivity index (χ1) is 8.65. The van der Waals surface area contributed by atoms with Gasteiger partial charge in [-0.1, -0.05) is 19.9 Å². The quantitative estimate of drug-likeness (QED) is 0.823. The Balaban J connectivity index is 2.29. The normalized spacial score (nSPS) is 18.6. The van der Waals surface area contributed by atoms with E-state index in [2.05, 4.69) is 36.9 Å². The minimum Gasteiger partial charge on any atom is -0.467 e. The first-order valence-electron chi connectivity index (χ1n) is 6.58. The second kappa shape index (κ2) is 5.57. The lowest BCUT2D eigenvalue weighted by Crippen LogP contribution is -2.25. The fourth-order valence-electron chi connectivity index (χ4n) is 2.15. The number of likely N-dealkylation sites (N-methyl/N-ethyl adjacent to an activating group) is 1. The van der Waals surface area contributed by atoms with Gasteiger partial charge in [0.25, 0.3) is 0 Å². The van der Waals surface area contributed by atoms with Crippen LogP contribution in [0.25, 0.3) is 5.57 Å². The average molecular weight is 250 g/mol. The van der Waals surface area contributed by atoms with Gasteiger partial charge in [0.1, 0.15) is 5.69 Å². The van der Waals surface area contributed by atoms with Crippen LogP contribution in [0.1, 0.15) is 44.2 Å². The number of nitrogens with zero attached hydrogens (tertiary/aromatic N) is 2. The van der Waals surface area contributed by atoms with Gasteiger partial charge in [0.15, 0.2) is 0 Å². The Morgan fingerprint density at radius 2 is 2.33 bits per heavy atom. The lowest BCUT2D eigenvalue weighted by molar-refractivity contribution is 0.293. The standard InChI is InChI=1S/C14H22N2O2/c1-5-10(2)12-14(17-4)18-13(15-12)11-7-6-8-16(3)9-11/h7,10H,5-6,8-9H2,1-4H3/t10-/m1/s1. The highest BCUT2D eigenvalue weighted by atomic mass is 16.6. The van der Waals surface area contributed by atoms with Gasteiger partial charge < -0.3 is 14.1 Å². The Bertz CT molecular complexity index is 437. The highest BCUT2D eigenvalue weighted by Gasteiger charge is 2.22. The molecule has 1 aliphatic heterocycles. The van der Waals surface area contributed by atoms with E-state index in [1.165, 1.54) is 0 Å². The number of aromatic nitrogens is 1. The monoisotopic (exact) mass is 250 g/mol. The molecule has 1 aromatic rings. The summed E-state index contributed by atoms with van der Waals surface area (Å²) in [5, 5.41) is 0. The summed E-state index contributed by atoms with van der Waals surface area (Å²) in [6.45, 7) is 6.28. The molecular weight excluding hydrogens is 228 g/mol. The summed E-state index contributed by atoms with van der Waals surface area (Å²) in [4.78, 5) is 6.90. The third-order valence-electron chi connectivity index (χ3n) is 3.50. The van der Waals surface area contributed by atoms with Gasteiger partial charge in [-0.2, -0.15) is 0 Å². The van der Waals surface area contributed by atoms with Crippen molar-refractivity contribution in [1.29, 1.82) is 0 Å². The fourth-order valence-corrected chi connectivity index (χ4v) is 2.15. The van der Waals surface area contributed by atoms with Gasteiger partial charge >= 0.3 is 5.95 Å². The summed E-state index contributed by atoms with van der Waals surface area (Å²) < 4.78 is 11.0. The molecule has 100 valence electrons. The lowest BCUT2D eigenvalue weighted by atomic mass is 10.1. The minimum absolute atomic E-state index is 0.361. The molecule has 1 atom stereocenters. The van der Waals surface area contributed by atoms with Crippen LogP contribution in [-0.2, 0) is 0 Å². The molecule has 0 fully saturated rings. The van der Waals surface area contributed by atoms with E-state index in [9.17, 15) is 0 Å². The average Bonchev–Trinajstić information content (AvgIpc) is 2.82. The number of ether oxygens (including phenoxy) is 1. The zero-order valence-corrected chi connectivity index (χ0v) is 11.7. The third-order valence-corrected chi connectivity index (χ3v) is 3.50. The Morgan fingerprint density at radius 1 is 1.56 bits per heavy atom. The number of oxazole rings is 1. The van der Waals surface area contributed by atoms with Gasteiger partial charge in [0, 0.05) is 24.6 Å². The van der Waals surface area contributed by atoms with Crippen LogP contribution >= 0.6 is 0 Å². The van der Waals surface area contributed by atoms with Crippen molar-refractivity contribution < 1.29 is 9.15 Å². The topological polar surface area (TPSA) is 38.5 Å². The van der Waals surface area contributed by atoms with Crippen molar-refractivity contribution in [3.63, 3.8) is 0 Å². The van der Waals surface area contributed by atoms with Crippen LogP contribution in [0.2, 0.25) is 0 Å². The first-order valence-corrected chi connectivity index (χ1v) is 6.58. The van der Waals surface area contributed by atoms with Crippen LogP contribution in [0.3, 0.4) is 0 Å². The molecule has 1 aliphatic rings. The fraction of sp³-hybridized carbons (Fsp3) is 0.643. The number of methoxy groups -OCH3 is 1. The molecule has 0 aromatic carbocycles. The van der Waals surface area contributed by atoms with Crippen LogP contribution in [0.4, 0.5) is 0 Å². The number of rotatable bonds is 4. The molecule has 0 N–H and O–H groups in total. The maximum atomic E-state index is 5.75. The second-order valence-electron chi connectivity index (χ2n) is 4.96. The zero-order valence-electron chi connectivity index (χ0n) is 11.7. The maximum Gasteiger partial charge on any atom is 0.308 e. The Kier molecular flexibility index (Phi) is 4.07. The van der Waals surface area contributed by atoms with Crippen LogP contribution in [0.15, 0.2) is 10.5 Å². The van der Waals surface area contributed by atoms with Crippen molar-refractivity contribution in [3.05, 3.63) is 17.7 Å². The van der Waals surface area contributed by atoms with Crippen molar-refractivity contribution in [2.24, 2.45) is 0 Å². The third kappa shape index (κ3) is 2.58. The van der Waals surface area contributed by atoms with E-state index in [0.29, 0.717) is 17.8 Å². The molecule has 0 radical (unpaired) electrons. The largest absolute Gasteiger partial charge is 0.467 e. The molecule has 4 nitrogen and oxygen atoms in total. The van der Waals surface area contributed by atoms with E-state index in [4.69, 9.17) is 9.15 Å². The van der Waals surface area contributed by atoms with Crippen LogP contribution in [0.5, 0.6) is 5.95 Å². The van der Waals surface area contributed by atoms with Crippen LogP contribution in [0, 0.1) is 0 Å². The summed E-state index contributed by atoms with van der Waals surface area (Å²) in [6, 6.07) is 0. The predicted molar refractivity (Wildman–Crippen MR) is 71.9 cm³/mol.